The summed E-state index contributed by atoms with van der Waals surface area (Å²) in [4.78, 5) is 4.06. The van der Waals surface area contributed by atoms with Gasteiger partial charge in [0.25, 0.3) is 0 Å². The largest absolute Gasteiger partial charge is 2.00 e. The number of benzene rings is 4. The van der Waals surface area contributed by atoms with Gasteiger partial charge in [0.05, 0.1) is 22.7 Å². The molecule has 0 saturated heterocycles. The van der Waals surface area contributed by atoms with Gasteiger partial charge in [-0.05, 0) is 102 Å². The van der Waals surface area contributed by atoms with Crippen molar-refractivity contribution in [3.8, 4) is 0 Å². The molecule has 0 N–H and O–H groups in total. The smallest absolute Gasteiger partial charge is 2.00 e. The van der Waals surface area contributed by atoms with Crippen LogP contribution in [0.5, 0.6) is 0 Å². The molecule has 2 nitrogen and oxygen atoms in total. The Morgan fingerprint density at radius 3 is 0.733 bits per heavy atom. The van der Waals surface area contributed by atoms with Crippen LogP contribution in [0, 0.1) is 55.4 Å². The summed E-state index contributed by atoms with van der Waals surface area (Å²) in [5, 5.41) is 0. The average molecular weight is 863 g/mol. The standard InChI is InChI=1S/2C17H19NS2.2S.3Zn/c2*1-11-5-7-15(13(3)9-11)18(17(19)20)16-8-6-12(2)10-14(16)4;;;;;/h2*5-10H,1-4H3,(H,19,20);;;;;/q;;2*-2;3*+2. The number of hydrogen-bond acceptors (Lipinski definition) is 2. The molecular formula is C34H38N2S6Zn3+2. The van der Waals surface area contributed by atoms with Crippen molar-refractivity contribution < 1.29 is 58.4 Å². The number of rotatable bonds is 4. The minimum absolute atomic E-state index is 0. The van der Waals surface area contributed by atoms with E-state index in [1.165, 1.54) is 44.5 Å². The second-order valence-electron chi connectivity index (χ2n) is 10.4. The van der Waals surface area contributed by atoms with Crippen LogP contribution in [0.2, 0.25) is 0 Å². The van der Waals surface area contributed by atoms with Crippen LogP contribution in [0.4, 0.5) is 22.7 Å². The first-order chi connectivity index (χ1) is 18.8. The van der Waals surface area contributed by atoms with Crippen LogP contribution in [0.1, 0.15) is 44.5 Å². The van der Waals surface area contributed by atoms with Gasteiger partial charge in [-0.3, -0.25) is 9.80 Å². The number of aryl methyl sites for hydroxylation is 8. The van der Waals surface area contributed by atoms with Crippen molar-refractivity contribution in [2.24, 2.45) is 0 Å². The van der Waals surface area contributed by atoms with Gasteiger partial charge in [0.2, 0.25) is 0 Å². The Morgan fingerprint density at radius 1 is 0.422 bits per heavy atom. The maximum absolute atomic E-state index is 5.36. The van der Waals surface area contributed by atoms with Crippen LogP contribution < -0.4 is 9.80 Å². The van der Waals surface area contributed by atoms with Gasteiger partial charge in [-0.2, -0.15) is 0 Å². The molecule has 224 valence electrons. The predicted molar refractivity (Wildman–Crippen MR) is 206 cm³/mol. The van der Waals surface area contributed by atoms with Crippen LogP contribution in [-0.2, 0) is 85.4 Å². The number of hydrogen-bond donors (Lipinski definition) is 2. The fraction of sp³-hybridized carbons (Fsp3) is 0.235. The summed E-state index contributed by atoms with van der Waals surface area (Å²) in [6, 6.07) is 25.5. The zero-order chi connectivity index (χ0) is 29.7. The molecule has 0 fully saturated rings. The zero-order valence-corrected chi connectivity index (χ0v) is 41.4. The molecule has 4 aromatic carbocycles. The van der Waals surface area contributed by atoms with Crippen molar-refractivity contribution in [1.82, 2.24) is 0 Å². The summed E-state index contributed by atoms with van der Waals surface area (Å²) in [5.41, 5.74) is 14.1. The maximum atomic E-state index is 5.36. The first kappa shape index (κ1) is 49.3. The van der Waals surface area contributed by atoms with Crippen molar-refractivity contribution in [2.75, 3.05) is 9.80 Å². The molecule has 0 aliphatic rings. The van der Waals surface area contributed by atoms with Crippen molar-refractivity contribution in [2.45, 2.75) is 55.4 Å². The molecule has 0 aliphatic carbocycles. The third kappa shape index (κ3) is 13.4. The van der Waals surface area contributed by atoms with Gasteiger partial charge >= 0.3 is 58.4 Å². The summed E-state index contributed by atoms with van der Waals surface area (Å²) in [6.45, 7) is 16.8. The van der Waals surface area contributed by atoms with E-state index in [1.54, 1.807) is 0 Å². The maximum Gasteiger partial charge on any atom is 2.00 e. The molecule has 0 unspecified atom stereocenters. The first-order valence-electron chi connectivity index (χ1n) is 13.1. The number of thiol groups is 2. The number of thiocarbonyl (C=S) groups is 2. The van der Waals surface area contributed by atoms with Crippen molar-refractivity contribution in [3.63, 3.8) is 0 Å². The molecule has 0 saturated carbocycles. The van der Waals surface area contributed by atoms with E-state index in [9.17, 15) is 0 Å². The molecule has 0 aromatic heterocycles. The van der Waals surface area contributed by atoms with Crippen LogP contribution in [0.15, 0.2) is 72.8 Å². The topological polar surface area (TPSA) is 6.48 Å². The van der Waals surface area contributed by atoms with E-state index in [-0.39, 0.29) is 85.4 Å². The van der Waals surface area contributed by atoms with Crippen molar-refractivity contribution in [3.05, 3.63) is 117 Å². The molecule has 0 heterocycles. The van der Waals surface area contributed by atoms with Gasteiger partial charge in [0.15, 0.2) is 0 Å². The Labute approximate surface area is 345 Å². The van der Waals surface area contributed by atoms with Gasteiger partial charge in [0, 0.05) is 0 Å². The van der Waals surface area contributed by atoms with Gasteiger partial charge < -0.3 is 27.0 Å². The Balaban J connectivity index is -0.000000706. The zero-order valence-electron chi connectivity index (χ0n) is 27.5. The van der Waals surface area contributed by atoms with Crippen LogP contribution >= 0.6 is 49.7 Å². The molecule has 4 rings (SSSR count). The van der Waals surface area contributed by atoms with Gasteiger partial charge in [-0.15, -0.1) is 25.3 Å². The molecule has 0 aliphatic heterocycles. The van der Waals surface area contributed by atoms with E-state index >= 15 is 0 Å². The minimum atomic E-state index is 0. The Morgan fingerprint density at radius 2 is 0.600 bits per heavy atom. The molecule has 11 heteroatoms. The van der Waals surface area contributed by atoms with E-state index < -0.39 is 0 Å². The van der Waals surface area contributed by atoms with Crippen molar-refractivity contribution in [1.29, 1.82) is 0 Å². The van der Waals surface area contributed by atoms with E-state index in [0.29, 0.717) is 8.64 Å². The normalized spacial score (nSPS) is 9.29. The minimum Gasteiger partial charge on any atom is -2.00 e. The molecule has 0 radical (unpaired) electrons. The van der Waals surface area contributed by atoms with Gasteiger partial charge in [0.1, 0.15) is 8.64 Å². The fourth-order valence-electron chi connectivity index (χ4n) is 4.90. The third-order valence-corrected chi connectivity index (χ3v) is 7.52. The predicted octanol–water partition coefficient (Wildman–Crippen LogP) is 10.5. The first-order valence-corrected chi connectivity index (χ1v) is 14.9. The van der Waals surface area contributed by atoms with E-state index in [1.807, 2.05) is 9.80 Å². The second-order valence-corrected chi connectivity index (χ2v) is 12.6. The molecular weight excluding hydrogens is 825 g/mol. The molecule has 0 amide bonds. The Hall–Kier alpha value is -0.0699. The van der Waals surface area contributed by atoms with E-state index in [4.69, 9.17) is 24.4 Å². The Bertz CT molecular complexity index is 1360. The fourth-order valence-corrected chi connectivity index (χ4v) is 5.72. The monoisotopic (exact) mass is 858 g/mol. The second kappa shape index (κ2) is 22.5. The number of anilines is 4. The third-order valence-electron chi connectivity index (χ3n) is 6.76. The average Bonchev–Trinajstić information content (AvgIpc) is 2.84. The molecule has 0 bridgehead atoms. The van der Waals surface area contributed by atoms with Crippen molar-refractivity contribution >= 4 is 108 Å². The summed E-state index contributed by atoms with van der Waals surface area (Å²) in [6.07, 6.45) is 0. The number of nitrogens with zero attached hydrogens (tertiary/aromatic N) is 2. The molecule has 0 atom stereocenters. The molecule has 4 aromatic rings. The van der Waals surface area contributed by atoms with Crippen LogP contribution in [-0.4, -0.2) is 8.64 Å². The van der Waals surface area contributed by atoms with Gasteiger partial charge in [-0.1, -0.05) is 95.2 Å². The quantitative estimate of drug-likeness (QED) is 0.120. The molecule has 45 heavy (non-hydrogen) atoms. The van der Waals surface area contributed by atoms with Crippen LogP contribution in [0.3, 0.4) is 0 Å². The summed E-state index contributed by atoms with van der Waals surface area (Å²) in [5.74, 6) is 0. The summed E-state index contributed by atoms with van der Waals surface area (Å²) >= 11 is 19.6. The SMILES string of the molecule is Cc1ccc(N(C(=S)S)c2ccc(C)cc2C)c(C)c1.Cc1ccc(N(C(=S)S)c2ccc(C)cc2C)c(C)c1.[S-2].[S-2].[Zn+2].[Zn+2].[Zn+2]. The summed E-state index contributed by atoms with van der Waals surface area (Å²) < 4.78 is 1.12. The van der Waals surface area contributed by atoms with Crippen LogP contribution in [0.25, 0.3) is 0 Å². The van der Waals surface area contributed by atoms with Gasteiger partial charge in [-0.25, -0.2) is 0 Å². The molecule has 0 spiro atoms. The van der Waals surface area contributed by atoms with E-state index in [2.05, 4.69) is 153 Å². The van der Waals surface area contributed by atoms with E-state index in [0.717, 1.165) is 22.7 Å². The Kier molecular flexibility index (Phi) is 24.7. The summed E-state index contributed by atoms with van der Waals surface area (Å²) in [7, 11) is 0.